The molecule has 1 saturated heterocycles. The molecule has 136 valence electrons. The molecular weight excluding hydrogens is 302 g/mol. The minimum atomic E-state index is -0.325. The quantitative estimate of drug-likeness (QED) is 0.780. The number of hydrogen-bond acceptors (Lipinski definition) is 5. The Labute approximate surface area is 146 Å². The fourth-order valence-electron chi connectivity index (χ4n) is 3.37. The van der Waals surface area contributed by atoms with Gasteiger partial charge >= 0.3 is 0 Å². The number of nitrogens with zero attached hydrogens (tertiary/aromatic N) is 3. The zero-order valence-corrected chi connectivity index (χ0v) is 15.6. The Bertz CT molecular complexity index is 461. The molecule has 3 unspecified atom stereocenters. The van der Waals surface area contributed by atoms with Gasteiger partial charge in [0, 0.05) is 52.0 Å². The topological polar surface area (TPSA) is 39.2 Å². The molecule has 5 heteroatoms. The molecule has 0 spiro atoms. The van der Waals surface area contributed by atoms with E-state index >= 15 is 0 Å². The van der Waals surface area contributed by atoms with Crippen LogP contribution in [0.4, 0.5) is 5.69 Å². The molecule has 1 fully saturated rings. The largest absolute Gasteiger partial charge is 0.390 e. The van der Waals surface area contributed by atoms with Crippen LogP contribution in [0.25, 0.3) is 0 Å². The Kier molecular flexibility index (Phi) is 7.49. The first kappa shape index (κ1) is 19.2. The van der Waals surface area contributed by atoms with Gasteiger partial charge in [0.25, 0.3) is 0 Å². The van der Waals surface area contributed by atoms with Crippen LogP contribution in [0.2, 0.25) is 0 Å². The first-order chi connectivity index (χ1) is 11.4. The van der Waals surface area contributed by atoms with Gasteiger partial charge in [-0.05, 0) is 33.0 Å². The second kappa shape index (κ2) is 9.37. The van der Waals surface area contributed by atoms with Gasteiger partial charge in [-0.2, -0.15) is 0 Å². The predicted molar refractivity (Wildman–Crippen MR) is 99.7 cm³/mol. The summed E-state index contributed by atoms with van der Waals surface area (Å²) in [5.74, 6) is 0. The molecule has 2 rings (SSSR count). The summed E-state index contributed by atoms with van der Waals surface area (Å²) in [6.45, 7) is 9.29. The minimum Gasteiger partial charge on any atom is -0.390 e. The molecule has 0 amide bonds. The fourth-order valence-corrected chi connectivity index (χ4v) is 3.37. The third-order valence-electron chi connectivity index (χ3n) is 4.50. The van der Waals surface area contributed by atoms with Crippen LogP contribution in [0.15, 0.2) is 30.3 Å². The van der Waals surface area contributed by atoms with Gasteiger partial charge < -0.3 is 19.6 Å². The van der Waals surface area contributed by atoms with Crippen LogP contribution in [0.5, 0.6) is 0 Å². The van der Waals surface area contributed by atoms with E-state index in [1.54, 1.807) is 0 Å². The summed E-state index contributed by atoms with van der Waals surface area (Å²) in [5, 5.41) is 10.4. The Morgan fingerprint density at radius 3 is 2.38 bits per heavy atom. The van der Waals surface area contributed by atoms with E-state index in [1.807, 2.05) is 6.07 Å². The molecule has 1 heterocycles. The van der Waals surface area contributed by atoms with Gasteiger partial charge in [0.05, 0.1) is 18.3 Å². The Morgan fingerprint density at radius 1 is 1.12 bits per heavy atom. The summed E-state index contributed by atoms with van der Waals surface area (Å²) in [6.07, 6.45) is 0.172. The fraction of sp³-hybridized carbons (Fsp3) is 0.684. The van der Waals surface area contributed by atoms with Crippen LogP contribution in [0.3, 0.4) is 0 Å². The van der Waals surface area contributed by atoms with Crippen molar-refractivity contribution < 1.29 is 9.84 Å². The lowest BCUT2D eigenvalue weighted by Crippen LogP contribution is -2.49. The third kappa shape index (κ3) is 6.40. The van der Waals surface area contributed by atoms with Crippen molar-refractivity contribution in [3.8, 4) is 0 Å². The van der Waals surface area contributed by atoms with Gasteiger partial charge in [0.15, 0.2) is 0 Å². The van der Waals surface area contributed by atoms with E-state index < -0.39 is 0 Å². The monoisotopic (exact) mass is 335 g/mol. The maximum Gasteiger partial charge on any atom is 0.0793 e. The van der Waals surface area contributed by atoms with E-state index in [0.29, 0.717) is 6.54 Å². The molecule has 1 aromatic rings. The van der Waals surface area contributed by atoms with Gasteiger partial charge in [0.1, 0.15) is 0 Å². The first-order valence-corrected chi connectivity index (χ1v) is 8.94. The Morgan fingerprint density at radius 2 is 1.75 bits per heavy atom. The minimum absolute atomic E-state index is 0.248. The molecule has 0 aromatic heterocycles. The molecule has 24 heavy (non-hydrogen) atoms. The molecule has 1 aromatic carbocycles. The number of β-amino-alcohol motifs (C(OH)–C–C–N with tert-alkyl or cyclic N) is 1. The van der Waals surface area contributed by atoms with Crippen LogP contribution in [-0.2, 0) is 4.74 Å². The van der Waals surface area contributed by atoms with E-state index in [9.17, 15) is 5.11 Å². The van der Waals surface area contributed by atoms with Crippen molar-refractivity contribution in [1.29, 1.82) is 0 Å². The smallest absolute Gasteiger partial charge is 0.0793 e. The third-order valence-corrected chi connectivity index (χ3v) is 4.50. The highest BCUT2D eigenvalue weighted by atomic mass is 16.5. The summed E-state index contributed by atoms with van der Waals surface area (Å²) >= 11 is 0. The summed E-state index contributed by atoms with van der Waals surface area (Å²) < 4.78 is 5.75. The Hall–Kier alpha value is -1.14. The van der Waals surface area contributed by atoms with Gasteiger partial charge in [-0.1, -0.05) is 18.2 Å². The number of likely N-dealkylation sites (N-methyl/N-ethyl adjacent to an activating group) is 2. The lowest BCUT2D eigenvalue weighted by atomic mass is 10.2. The second-order valence-corrected chi connectivity index (χ2v) is 7.15. The van der Waals surface area contributed by atoms with Gasteiger partial charge in [0.2, 0.25) is 0 Å². The summed E-state index contributed by atoms with van der Waals surface area (Å²) in [4.78, 5) is 6.76. The van der Waals surface area contributed by atoms with Crippen LogP contribution in [0, 0.1) is 0 Å². The standard InChI is InChI=1S/C19H33N3O2/c1-16-12-22(13-17(2)24-16)15-19(23)14-20(3)10-11-21(4)18-8-6-5-7-9-18/h5-9,16-17,19,23H,10-15H2,1-4H3. The maximum atomic E-state index is 10.4. The molecule has 1 aliphatic rings. The zero-order chi connectivity index (χ0) is 17.5. The highest BCUT2D eigenvalue weighted by molar-refractivity contribution is 5.44. The lowest BCUT2D eigenvalue weighted by molar-refractivity contribution is -0.0776. The molecule has 0 saturated carbocycles. The average Bonchev–Trinajstić information content (AvgIpc) is 2.52. The molecule has 5 nitrogen and oxygen atoms in total. The van der Waals surface area contributed by atoms with Crippen molar-refractivity contribution in [2.75, 3.05) is 58.3 Å². The van der Waals surface area contributed by atoms with Crippen molar-refractivity contribution in [3.05, 3.63) is 30.3 Å². The number of aliphatic hydroxyl groups excluding tert-OH is 1. The van der Waals surface area contributed by atoms with Gasteiger partial charge in [-0.3, -0.25) is 4.90 Å². The lowest BCUT2D eigenvalue weighted by Gasteiger charge is -2.36. The van der Waals surface area contributed by atoms with Crippen LogP contribution in [-0.4, -0.2) is 86.6 Å². The highest BCUT2D eigenvalue weighted by Gasteiger charge is 2.24. The summed E-state index contributed by atoms with van der Waals surface area (Å²) in [7, 11) is 4.18. The van der Waals surface area contributed by atoms with Crippen LogP contribution in [0.1, 0.15) is 13.8 Å². The average molecular weight is 335 g/mol. The van der Waals surface area contributed by atoms with Crippen molar-refractivity contribution in [1.82, 2.24) is 9.80 Å². The number of rotatable bonds is 8. The van der Waals surface area contributed by atoms with E-state index in [1.165, 1.54) is 5.69 Å². The number of aliphatic hydroxyl groups is 1. The molecule has 1 N–H and O–H groups in total. The van der Waals surface area contributed by atoms with Crippen molar-refractivity contribution in [3.63, 3.8) is 0 Å². The number of morpholine rings is 1. The van der Waals surface area contributed by atoms with E-state index in [2.05, 4.69) is 66.9 Å². The van der Waals surface area contributed by atoms with Gasteiger partial charge in [-0.15, -0.1) is 0 Å². The number of anilines is 1. The van der Waals surface area contributed by atoms with Crippen LogP contribution < -0.4 is 4.90 Å². The predicted octanol–water partition coefficient (Wildman–Crippen LogP) is 1.52. The molecule has 3 atom stereocenters. The number of hydrogen-bond donors (Lipinski definition) is 1. The SMILES string of the molecule is CC1CN(CC(O)CN(C)CCN(C)c2ccccc2)CC(C)O1. The van der Waals surface area contributed by atoms with E-state index in [-0.39, 0.29) is 18.3 Å². The number of benzene rings is 1. The van der Waals surface area contributed by atoms with E-state index in [0.717, 1.165) is 32.7 Å². The molecule has 0 aliphatic carbocycles. The summed E-state index contributed by atoms with van der Waals surface area (Å²) in [5.41, 5.74) is 1.22. The first-order valence-electron chi connectivity index (χ1n) is 8.94. The number of para-hydroxylation sites is 1. The summed E-state index contributed by atoms with van der Waals surface area (Å²) in [6, 6.07) is 10.4. The number of ether oxygens (including phenoxy) is 1. The molecule has 1 aliphatic heterocycles. The maximum absolute atomic E-state index is 10.4. The van der Waals surface area contributed by atoms with Crippen molar-refractivity contribution in [2.45, 2.75) is 32.2 Å². The molecule has 0 radical (unpaired) electrons. The van der Waals surface area contributed by atoms with Crippen molar-refractivity contribution >= 4 is 5.69 Å². The molecular formula is C19H33N3O2. The Balaban J connectivity index is 1.68. The normalized spacial score (nSPS) is 23.4. The van der Waals surface area contributed by atoms with Gasteiger partial charge in [-0.25, -0.2) is 0 Å². The second-order valence-electron chi connectivity index (χ2n) is 7.15. The zero-order valence-electron chi connectivity index (χ0n) is 15.6. The van der Waals surface area contributed by atoms with Crippen LogP contribution >= 0.6 is 0 Å². The molecule has 0 bridgehead atoms. The van der Waals surface area contributed by atoms with Crippen molar-refractivity contribution in [2.24, 2.45) is 0 Å². The highest BCUT2D eigenvalue weighted by Crippen LogP contribution is 2.12. The van der Waals surface area contributed by atoms with E-state index in [4.69, 9.17) is 4.74 Å².